The van der Waals surface area contributed by atoms with E-state index in [1.165, 1.54) is 25.5 Å². The molecule has 1 aliphatic rings. The van der Waals surface area contributed by atoms with Gasteiger partial charge in [0.2, 0.25) is 0 Å². The number of carbonyl (C=O) groups is 2. The molecule has 0 radical (unpaired) electrons. The van der Waals surface area contributed by atoms with Gasteiger partial charge in [-0.2, -0.15) is 0 Å². The lowest BCUT2D eigenvalue weighted by Gasteiger charge is -2.31. The lowest BCUT2D eigenvalue weighted by molar-refractivity contribution is -0.136. The summed E-state index contributed by atoms with van der Waals surface area (Å²) in [6.07, 6.45) is 4.93. The predicted molar refractivity (Wildman–Crippen MR) is 74.5 cm³/mol. The number of hydrogen-bond donors (Lipinski definition) is 3. The summed E-state index contributed by atoms with van der Waals surface area (Å²) < 4.78 is 0. The third kappa shape index (κ3) is 3.94. The summed E-state index contributed by atoms with van der Waals surface area (Å²) in [4.78, 5) is 26.3. The zero-order chi connectivity index (χ0) is 14.5. The van der Waals surface area contributed by atoms with Crippen molar-refractivity contribution in [2.45, 2.75) is 38.6 Å². The normalized spacial score (nSPS) is 16.1. The highest BCUT2D eigenvalue weighted by Gasteiger charge is 2.24. The predicted octanol–water partition coefficient (Wildman–Crippen LogP) is 2.02. The van der Waals surface area contributed by atoms with Crippen molar-refractivity contribution in [2.24, 2.45) is 5.92 Å². The van der Waals surface area contributed by atoms with Gasteiger partial charge in [-0.3, -0.25) is 9.78 Å². The van der Waals surface area contributed by atoms with Gasteiger partial charge in [-0.15, -0.1) is 0 Å². The zero-order valence-electron chi connectivity index (χ0n) is 11.4. The van der Waals surface area contributed by atoms with Crippen LogP contribution in [0.5, 0.6) is 0 Å². The highest BCUT2D eigenvalue weighted by Crippen LogP contribution is 2.29. The minimum absolute atomic E-state index is 0.120. The molecule has 1 aromatic rings. The monoisotopic (exact) mass is 277 g/mol. The van der Waals surface area contributed by atoms with Crippen LogP contribution in [-0.2, 0) is 11.2 Å². The molecule has 2 amide bonds. The van der Waals surface area contributed by atoms with Gasteiger partial charge in [0.05, 0.1) is 24.0 Å². The van der Waals surface area contributed by atoms with E-state index < -0.39 is 5.97 Å². The summed E-state index contributed by atoms with van der Waals surface area (Å²) >= 11 is 0. The Labute approximate surface area is 117 Å². The fraction of sp³-hybridized carbons (Fsp3) is 0.500. The van der Waals surface area contributed by atoms with Crippen molar-refractivity contribution in [3.63, 3.8) is 0 Å². The van der Waals surface area contributed by atoms with E-state index in [2.05, 4.69) is 15.6 Å². The second kappa shape index (κ2) is 6.36. The number of urea groups is 1. The first kappa shape index (κ1) is 14.3. The standard InChI is InChI=1S/C14H19N3O3/c1-9(10-3-2-4-10)16-14(20)17-12-6-5-11(15-8-12)7-13(18)19/h5-6,8-10H,2-4,7H2,1H3,(H,18,19)(H2,16,17,20). The van der Waals surface area contributed by atoms with E-state index in [4.69, 9.17) is 5.11 Å². The molecular formula is C14H19N3O3. The van der Waals surface area contributed by atoms with Crippen molar-refractivity contribution in [1.29, 1.82) is 0 Å². The molecule has 20 heavy (non-hydrogen) atoms. The van der Waals surface area contributed by atoms with E-state index in [-0.39, 0.29) is 18.5 Å². The van der Waals surface area contributed by atoms with E-state index in [9.17, 15) is 9.59 Å². The Bertz CT molecular complexity index is 483. The van der Waals surface area contributed by atoms with Crippen LogP contribution in [0, 0.1) is 5.92 Å². The molecule has 108 valence electrons. The molecule has 6 nitrogen and oxygen atoms in total. The van der Waals surface area contributed by atoms with Crippen molar-refractivity contribution >= 4 is 17.7 Å². The number of rotatable bonds is 5. The fourth-order valence-corrected chi connectivity index (χ4v) is 2.19. The van der Waals surface area contributed by atoms with E-state index in [0.717, 1.165) is 0 Å². The van der Waals surface area contributed by atoms with Crippen LogP contribution >= 0.6 is 0 Å². The average Bonchev–Trinajstić information content (AvgIpc) is 2.28. The number of aromatic nitrogens is 1. The van der Waals surface area contributed by atoms with Gasteiger partial charge in [0.15, 0.2) is 0 Å². The minimum atomic E-state index is -0.926. The minimum Gasteiger partial charge on any atom is -0.481 e. The highest BCUT2D eigenvalue weighted by atomic mass is 16.4. The molecule has 1 fully saturated rings. The van der Waals surface area contributed by atoms with Crippen molar-refractivity contribution in [1.82, 2.24) is 10.3 Å². The quantitative estimate of drug-likeness (QED) is 0.767. The van der Waals surface area contributed by atoms with Gasteiger partial charge in [0.25, 0.3) is 0 Å². The SMILES string of the molecule is CC(NC(=O)Nc1ccc(CC(=O)O)nc1)C1CCC1. The van der Waals surface area contributed by atoms with Crippen molar-refractivity contribution < 1.29 is 14.7 Å². The first-order valence-corrected chi connectivity index (χ1v) is 6.79. The van der Waals surface area contributed by atoms with E-state index in [0.29, 0.717) is 17.3 Å². The van der Waals surface area contributed by atoms with Crippen molar-refractivity contribution in [2.75, 3.05) is 5.32 Å². The Balaban J connectivity index is 1.82. The molecule has 1 aliphatic carbocycles. The van der Waals surface area contributed by atoms with Gasteiger partial charge in [0, 0.05) is 6.04 Å². The number of carboxylic acids is 1. The number of carboxylic acid groups (broad SMARTS) is 1. The van der Waals surface area contributed by atoms with Crippen LogP contribution in [-0.4, -0.2) is 28.1 Å². The van der Waals surface area contributed by atoms with Crippen molar-refractivity contribution in [3.05, 3.63) is 24.0 Å². The van der Waals surface area contributed by atoms with E-state index in [1.54, 1.807) is 12.1 Å². The maximum atomic E-state index is 11.8. The topological polar surface area (TPSA) is 91.3 Å². The largest absolute Gasteiger partial charge is 0.481 e. The first-order valence-electron chi connectivity index (χ1n) is 6.79. The number of hydrogen-bond acceptors (Lipinski definition) is 3. The third-order valence-corrected chi connectivity index (χ3v) is 3.63. The number of nitrogens with one attached hydrogen (secondary N) is 2. The van der Waals surface area contributed by atoms with Crippen LogP contribution in [0.2, 0.25) is 0 Å². The Morgan fingerprint density at radius 1 is 1.45 bits per heavy atom. The third-order valence-electron chi connectivity index (χ3n) is 3.63. The lowest BCUT2D eigenvalue weighted by atomic mass is 9.80. The van der Waals surface area contributed by atoms with Gasteiger partial charge >= 0.3 is 12.0 Å². The van der Waals surface area contributed by atoms with Gasteiger partial charge in [-0.05, 0) is 37.8 Å². The van der Waals surface area contributed by atoms with Crippen LogP contribution in [0.15, 0.2) is 18.3 Å². The molecule has 6 heteroatoms. The second-order valence-electron chi connectivity index (χ2n) is 5.19. The second-order valence-corrected chi connectivity index (χ2v) is 5.19. The smallest absolute Gasteiger partial charge is 0.319 e. The van der Waals surface area contributed by atoms with E-state index in [1.807, 2.05) is 6.92 Å². The summed E-state index contributed by atoms with van der Waals surface area (Å²) in [7, 11) is 0. The summed E-state index contributed by atoms with van der Waals surface area (Å²) in [6.45, 7) is 2.01. The molecule has 1 aromatic heterocycles. The number of anilines is 1. The Kier molecular flexibility index (Phi) is 4.55. The summed E-state index contributed by atoms with van der Waals surface area (Å²) in [5.41, 5.74) is 1.02. The average molecular weight is 277 g/mol. The molecule has 1 heterocycles. The molecule has 0 bridgehead atoms. The molecule has 0 saturated heterocycles. The van der Waals surface area contributed by atoms with Gasteiger partial charge in [-0.25, -0.2) is 4.79 Å². The molecule has 3 N–H and O–H groups in total. The molecule has 0 spiro atoms. The fourth-order valence-electron chi connectivity index (χ4n) is 2.19. The molecule has 0 aromatic carbocycles. The Hall–Kier alpha value is -2.11. The van der Waals surface area contributed by atoms with Crippen LogP contribution < -0.4 is 10.6 Å². The van der Waals surface area contributed by atoms with Crippen LogP contribution in [0.1, 0.15) is 31.9 Å². The van der Waals surface area contributed by atoms with Crippen LogP contribution in [0.3, 0.4) is 0 Å². The number of amides is 2. The van der Waals surface area contributed by atoms with Gasteiger partial charge in [-0.1, -0.05) is 6.42 Å². The molecule has 1 atom stereocenters. The Morgan fingerprint density at radius 3 is 2.70 bits per heavy atom. The molecule has 1 unspecified atom stereocenters. The molecule has 1 saturated carbocycles. The molecule has 0 aliphatic heterocycles. The maximum absolute atomic E-state index is 11.8. The number of pyridine rings is 1. The number of nitrogens with zero attached hydrogens (tertiary/aromatic N) is 1. The molecular weight excluding hydrogens is 258 g/mol. The van der Waals surface area contributed by atoms with Crippen molar-refractivity contribution in [3.8, 4) is 0 Å². The van der Waals surface area contributed by atoms with Gasteiger partial charge in [0.1, 0.15) is 0 Å². The lowest BCUT2D eigenvalue weighted by Crippen LogP contribution is -2.42. The highest BCUT2D eigenvalue weighted by molar-refractivity contribution is 5.89. The zero-order valence-corrected chi connectivity index (χ0v) is 11.4. The summed E-state index contributed by atoms with van der Waals surface area (Å²) in [5.74, 6) is -0.345. The summed E-state index contributed by atoms with van der Waals surface area (Å²) in [6, 6.07) is 3.16. The van der Waals surface area contributed by atoms with E-state index >= 15 is 0 Å². The van der Waals surface area contributed by atoms with Crippen LogP contribution in [0.4, 0.5) is 10.5 Å². The molecule has 2 rings (SSSR count). The number of carbonyl (C=O) groups excluding carboxylic acids is 1. The van der Waals surface area contributed by atoms with Crippen LogP contribution in [0.25, 0.3) is 0 Å². The first-order chi connectivity index (χ1) is 9.54. The summed E-state index contributed by atoms with van der Waals surface area (Å²) in [5, 5.41) is 14.2. The number of aliphatic carboxylic acids is 1. The van der Waals surface area contributed by atoms with Gasteiger partial charge < -0.3 is 15.7 Å². The maximum Gasteiger partial charge on any atom is 0.319 e. The Morgan fingerprint density at radius 2 is 2.20 bits per heavy atom.